The average Bonchev–Trinajstić information content (AvgIpc) is 3.26. The number of nitrogens with zero attached hydrogens (tertiary/aromatic N) is 3. The van der Waals surface area contributed by atoms with Crippen LogP contribution in [-0.4, -0.2) is 46.8 Å². The largest absolute Gasteiger partial charge is 0.586 e. The smallest absolute Gasteiger partial charge is 0.395 e. The fourth-order valence-electron chi connectivity index (χ4n) is 3.25. The molecule has 1 aromatic carbocycles. The molecule has 8 nitrogen and oxygen atoms in total. The van der Waals surface area contributed by atoms with Gasteiger partial charge in [-0.05, 0) is 38.4 Å². The van der Waals surface area contributed by atoms with Crippen molar-refractivity contribution >= 4 is 5.91 Å². The van der Waals surface area contributed by atoms with Crippen LogP contribution in [-0.2, 0) is 6.42 Å². The van der Waals surface area contributed by atoms with Crippen molar-refractivity contribution in [1.82, 2.24) is 25.6 Å². The van der Waals surface area contributed by atoms with Gasteiger partial charge >= 0.3 is 6.29 Å². The van der Waals surface area contributed by atoms with Crippen LogP contribution in [0.15, 0.2) is 24.4 Å². The zero-order chi connectivity index (χ0) is 18.9. The summed E-state index contributed by atoms with van der Waals surface area (Å²) >= 11 is 0. The number of para-hydroxylation sites is 1. The van der Waals surface area contributed by atoms with Crippen molar-refractivity contribution in [2.45, 2.75) is 31.6 Å². The van der Waals surface area contributed by atoms with Crippen LogP contribution in [0.3, 0.4) is 0 Å². The van der Waals surface area contributed by atoms with Gasteiger partial charge in [0.2, 0.25) is 0 Å². The average molecular weight is 379 g/mol. The molecule has 3 heterocycles. The first kappa shape index (κ1) is 17.7. The van der Waals surface area contributed by atoms with Gasteiger partial charge in [0.05, 0.1) is 12.2 Å². The molecule has 10 heteroatoms. The highest BCUT2D eigenvalue weighted by Crippen LogP contribution is 2.43. The number of carbonyl (C=O) groups is 1. The lowest BCUT2D eigenvalue weighted by molar-refractivity contribution is -0.286. The van der Waals surface area contributed by atoms with Crippen molar-refractivity contribution in [2.24, 2.45) is 0 Å². The molecule has 1 saturated heterocycles. The van der Waals surface area contributed by atoms with Crippen molar-refractivity contribution in [2.75, 3.05) is 19.6 Å². The number of hydrogen-bond donors (Lipinski definition) is 2. The predicted octanol–water partition coefficient (Wildman–Crippen LogP) is 1.50. The quantitative estimate of drug-likeness (QED) is 0.818. The van der Waals surface area contributed by atoms with E-state index >= 15 is 0 Å². The second kappa shape index (κ2) is 7.10. The van der Waals surface area contributed by atoms with Crippen LogP contribution in [0.1, 0.15) is 34.9 Å². The Labute approximate surface area is 153 Å². The van der Waals surface area contributed by atoms with Crippen molar-refractivity contribution in [3.8, 4) is 11.5 Å². The molecule has 0 saturated carbocycles. The molecule has 0 aliphatic carbocycles. The Morgan fingerprint density at radius 2 is 2.15 bits per heavy atom. The first-order chi connectivity index (χ1) is 13.0. The normalized spacial score (nSPS) is 18.4. The lowest BCUT2D eigenvalue weighted by Crippen LogP contribution is -2.29. The van der Waals surface area contributed by atoms with E-state index in [-0.39, 0.29) is 35.7 Å². The molecule has 0 bridgehead atoms. The van der Waals surface area contributed by atoms with Gasteiger partial charge in [-0.25, -0.2) is 4.68 Å². The second-order valence-corrected chi connectivity index (χ2v) is 6.48. The molecule has 144 valence electrons. The fourth-order valence-corrected chi connectivity index (χ4v) is 3.25. The summed E-state index contributed by atoms with van der Waals surface area (Å²) in [6.45, 7) is 2.07. The summed E-state index contributed by atoms with van der Waals surface area (Å²) in [5.74, 6) is -0.354. The molecule has 2 aromatic rings. The number of alkyl halides is 2. The topological polar surface area (TPSA) is 90.3 Å². The monoisotopic (exact) mass is 379 g/mol. The van der Waals surface area contributed by atoms with Crippen molar-refractivity contribution in [1.29, 1.82) is 0 Å². The number of halogens is 2. The van der Waals surface area contributed by atoms with Gasteiger partial charge in [0.25, 0.3) is 5.91 Å². The zero-order valence-electron chi connectivity index (χ0n) is 14.5. The van der Waals surface area contributed by atoms with Crippen molar-refractivity contribution in [3.05, 3.63) is 35.7 Å². The summed E-state index contributed by atoms with van der Waals surface area (Å²) in [4.78, 5) is 12.3. The third-order valence-electron chi connectivity index (χ3n) is 4.62. The van der Waals surface area contributed by atoms with E-state index in [1.54, 1.807) is 23.0 Å². The number of carbonyl (C=O) groups excluding carboxylic acids is 1. The van der Waals surface area contributed by atoms with E-state index in [2.05, 4.69) is 30.4 Å². The summed E-state index contributed by atoms with van der Waals surface area (Å²) in [5, 5.41) is 14.0. The minimum atomic E-state index is -3.66. The molecule has 0 spiro atoms. The molecule has 1 amide bonds. The highest BCUT2D eigenvalue weighted by molar-refractivity contribution is 5.91. The Morgan fingerprint density at radius 3 is 2.96 bits per heavy atom. The molecule has 1 aromatic heterocycles. The van der Waals surface area contributed by atoms with E-state index in [1.165, 1.54) is 6.07 Å². The Bertz CT molecular complexity index is 836. The molecule has 1 fully saturated rings. The standard InChI is InChI=1S/C17H19F2N5O3/c18-17(19)26-14-3-1-2-11(15(14)27-17)4-9-21-16(25)13-10-24(23-22-13)12-5-7-20-8-6-12/h1-3,10,12,20H,4-9H2,(H,21,25). The van der Waals surface area contributed by atoms with Crippen LogP contribution in [0, 0.1) is 0 Å². The minimum Gasteiger partial charge on any atom is -0.395 e. The van der Waals surface area contributed by atoms with E-state index in [4.69, 9.17) is 0 Å². The first-order valence-corrected chi connectivity index (χ1v) is 8.80. The molecular formula is C17H19F2N5O3. The minimum absolute atomic E-state index is 0.00580. The molecule has 2 aliphatic heterocycles. The van der Waals surface area contributed by atoms with Gasteiger partial charge in [-0.3, -0.25) is 4.79 Å². The number of ether oxygens (including phenoxy) is 2. The molecule has 0 unspecified atom stereocenters. The lowest BCUT2D eigenvalue weighted by atomic mass is 10.1. The SMILES string of the molecule is O=C(NCCc1cccc2c1OC(F)(F)O2)c1cn(C2CCNCC2)nn1. The maximum atomic E-state index is 13.2. The number of fused-ring (bicyclic) bond motifs is 1. The van der Waals surface area contributed by atoms with E-state index in [0.29, 0.717) is 12.0 Å². The van der Waals surface area contributed by atoms with E-state index < -0.39 is 6.29 Å². The molecule has 0 radical (unpaired) electrons. The summed E-state index contributed by atoms with van der Waals surface area (Å²) in [7, 11) is 0. The van der Waals surface area contributed by atoms with E-state index in [1.807, 2.05) is 0 Å². The van der Waals surface area contributed by atoms with Gasteiger partial charge < -0.3 is 20.1 Å². The number of rotatable bonds is 5. The number of nitrogens with one attached hydrogen (secondary N) is 2. The third-order valence-corrected chi connectivity index (χ3v) is 4.62. The molecule has 0 atom stereocenters. The fraction of sp³-hybridized carbons (Fsp3) is 0.471. The van der Waals surface area contributed by atoms with Gasteiger partial charge in [-0.15, -0.1) is 13.9 Å². The van der Waals surface area contributed by atoms with Crippen LogP contribution < -0.4 is 20.1 Å². The summed E-state index contributed by atoms with van der Waals surface area (Å²) in [6, 6.07) is 4.91. The van der Waals surface area contributed by atoms with Gasteiger partial charge in [0, 0.05) is 12.1 Å². The second-order valence-electron chi connectivity index (χ2n) is 6.48. The van der Waals surface area contributed by atoms with Crippen LogP contribution >= 0.6 is 0 Å². The maximum absolute atomic E-state index is 13.2. The highest BCUT2D eigenvalue weighted by Gasteiger charge is 2.44. The summed E-state index contributed by atoms with van der Waals surface area (Å²) in [5.41, 5.74) is 0.765. The number of amides is 1. The molecule has 27 heavy (non-hydrogen) atoms. The summed E-state index contributed by atoms with van der Waals surface area (Å²) in [6.07, 6.45) is 0.182. The van der Waals surface area contributed by atoms with Gasteiger partial charge in [-0.1, -0.05) is 17.3 Å². The maximum Gasteiger partial charge on any atom is 0.586 e. The van der Waals surface area contributed by atoms with Gasteiger partial charge in [0.1, 0.15) is 0 Å². The first-order valence-electron chi connectivity index (χ1n) is 8.80. The van der Waals surface area contributed by atoms with Crippen LogP contribution in [0.5, 0.6) is 11.5 Å². The number of benzene rings is 1. The summed E-state index contributed by atoms with van der Waals surface area (Å²) < 4.78 is 37.1. The lowest BCUT2D eigenvalue weighted by Gasteiger charge is -2.22. The van der Waals surface area contributed by atoms with E-state index in [9.17, 15) is 13.6 Å². The highest BCUT2D eigenvalue weighted by atomic mass is 19.3. The van der Waals surface area contributed by atoms with Crippen molar-refractivity contribution < 1.29 is 23.0 Å². The molecule has 2 N–H and O–H groups in total. The zero-order valence-corrected chi connectivity index (χ0v) is 14.5. The Morgan fingerprint density at radius 1 is 1.33 bits per heavy atom. The van der Waals surface area contributed by atoms with Crippen LogP contribution in [0.2, 0.25) is 0 Å². The Hall–Kier alpha value is -2.75. The number of aromatic nitrogens is 3. The van der Waals surface area contributed by atoms with Crippen LogP contribution in [0.25, 0.3) is 0 Å². The molecule has 4 rings (SSSR count). The third kappa shape index (κ3) is 3.85. The molecular weight excluding hydrogens is 360 g/mol. The van der Waals surface area contributed by atoms with Crippen LogP contribution in [0.4, 0.5) is 8.78 Å². The van der Waals surface area contributed by atoms with Gasteiger partial charge in [0.15, 0.2) is 17.2 Å². The van der Waals surface area contributed by atoms with Gasteiger partial charge in [-0.2, -0.15) is 0 Å². The predicted molar refractivity (Wildman–Crippen MR) is 89.8 cm³/mol. The Balaban J connectivity index is 1.33. The van der Waals surface area contributed by atoms with E-state index in [0.717, 1.165) is 25.9 Å². The number of piperidine rings is 1. The molecule has 2 aliphatic rings. The van der Waals surface area contributed by atoms with Crippen molar-refractivity contribution in [3.63, 3.8) is 0 Å². The Kier molecular flexibility index (Phi) is 4.65. The number of hydrogen-bond acceptors (Lipinski definition) is 6.